The highest BCUT2D eigenvalue weighted by molar-refractivity contribution is 8.00. The molecular weight excluding hydrogens is 383 g/mol. The number of benzene rings is 3. The van der Waals surface area contributed by atoms with E-state index in [0.29, 0.717) is 12.3 Å². The molecule has 3 nitrogen and oxygen atoms in total. The van der Waals surface area contributed by atoms with Gasteiger partial charge in [-0.15, -0.1) is 11.8 Å². The lowest BCUT2D eigenvalue weighted by Crippen LogP contribution is -2.24. The topological polar surface area (TPSA) is 32.3 Å². The van der Waals surface area contributed by atoms with E-state index in [-0.39, 0.29) is 11.7 Å². The Hall–Kier alpha value is -2.63. The van der Waals surface area contributed by atoms with Crippen LogP contribution in [0.4, 0.5) is 4.39 Å². The van der Waals surface area contributed by atoms with Crippen LogP contribution in [0.3, 0.4) is 0 Å². The maximum atomic E-state index is 13.0. The summed E-state index contributed by atoms with van der Waals surface area (Å²) in [5.74, 6) is -0.0202. The molecule has 0 radical (unpaired) electrons. The SMILES string of the molecule is CN(C)Cc1ccc(-c2ccccc2CNC(=O)CSc2ccc(F)cc2)cc1. The monoisotopic (exact) mass is 408 g/mol. The molecule has 0 spiro atoms. The van der Waals surface area contributed by atoms with Crippen LogP contribution in [-0.4, -0.2) is 30.7 Å². The quantitative estimate of drug-likeness (QED) is 0.535. The molecule has 0 aromatic heterocycles. The molecule has 0 fully saturated rings. The van der Waals surface area contributed by atoms with Crippen LogP contribution < -0.4 is 5.32 Å². The Kier molecular flexibility index (Phi) is 7.44. The van der Waals surface area contributed by atoms with Crippen molar-refractivity contribution in [3.63, 3.8) is 0 Å². The van der Waals surface area contributed by atoms with Crippen molar-refractivity contribution < 1.29 is 9.18 Å². The predicted octanol–water partition coefficient (Wildman–Crippen LogP) is 4.96. The Balaban J connectivity index is 1.60. The number of carbonyl (C=O) groups is 1. The Morgan fingerprint density at radius 1 is 0.966 bits per heavy atom. The molecule has 3 aromatic rings. The summed E-state index contributed by atoms with van der Waals surface area (Å²) in [5.41, 5.74) is 4.60. The van der Waals surface area contributed by atoms with Gasteiger partial charge in [-0.3, -0.25) is 4.79 Å². The van der Waals surface area contributed by atoms with Crippen LogP contribution in [0.2, 0.25) is 0 Å². The number of amides is 1. The number of nitrogens with one attached hydrogen (secondary N) is 1. The van der Waals surface area contributed by atoms with E-state index in [0.717, 1.165) is 28.1 Å². The van der Waals surface area contributed by atoms with E-state index in [2.05, 4.69) is 54.6 Å². The zero-order valence-corrected chi connectivity index (χ0v) is 17.5. The third-order valence-electron chi connectivity index (χ3n) is 4.44. The van der Waals surface area contributed by atoms with E-state index < -0.39 is 0 Å². The Morgan fingerprint density at radius 2 is 1.66 bits per heavy atom. The minimum Gasteiger partial charge on any atom is -0.351 e. The zero-order valence-electron chi connectivity index (χ0n) is 16.7. The van der Waals surface area contributed by atoms with Gasteiger partial charge in [0.05, 0.1) is 5.75 Å². The summed E-state index contributed by atoms with van der Waals surface area (Å²) < 4.78 is 13.0. The first-order valence-electron chi connectivity index (χ1n) is 9.48. The number of halogens is 1. The first-order chi connectivity index (χ1) is 14.0. The van der Waals surface area contributed by atoms with Crippen LogP contribution in [0.1, 0.15) is 11.1 Å². The molecule has 0 aliphatic rings. The van der Waals surface area contributed by atoms with Gasteiger partial charge in [-0.1, -0.05) is 48.5 Å². The van der Waals surface area contributed by atoms with Gasteiger partial charge in [0.25, 0.3) is 0 Å². The molecule has 0 aliphatic heterocycles. The van der Waals surface area contributed by atoms with Gasteiger partial charge < -0.3 is 10.2 Å². The third-order valence-corrected chi connectivity index (χ3v) is 5.45. The largest absolute Gasteiger partial charge is 0.351 e. The van der Waals surface area contributed by atoms with E-state index in [1.54, 1.807) is 12.1 Å². The molecule has 1 N–H and O–H groups in total. The molecule has 3 aromatic carbocycles. The van der Waals surface area contributed by atoms with E-state index in [9.17, 15) is 9.18 Å². The summed E-state index contributed by atoms with van der Waals surface area (Å²) in [6.07, 6.45) is 0. The summed E-state index contributed by atoms with van der Waals surface area (Å²) in [6, 6.07) is 22.8. The normalized spacial score (nSPS) is 10.9. The van der Waals surface area contributed by atoms with Crippen molar-refractivity contribution in [1.82, 2.24) is 10.2 Å². The maximum Gasteiger partial charge on any atom is 0.230 e. The highest BCUT2D eigenvalue weighted by atomic mass is 32.2. The van der Waals surface area contributed by atoms with Crippen molar-refractivity contribution in [3.8, 4) is 11.1 Å². The lowest BCUT2D eigenvalue weighted by atomic mass is 9.98. The molecule has 0 heterocycles. The number of hydrogen-bond donors (Lipinski definition) is 1. The van der Waals surface area contributed by atoms with E-state index in [4.69, 9.17) is 0 Å². The van der Waals surface area contributed by atoms with Crippen LogP contribution in [0.5, 0.6) is 0 Å². The molecule has 3 rings (SSSR count). The highest BCUT2D eigenvalue weighted by Crippen LogP contribution is 2.24. The van der Waals surface area contributed by atoms with Gasteiger partial charge in [0.1, 0.15) is 5.82 Å². The summed E-state index contributed by atoms with van der Waals surface area (Å²) in [4.78, 5) is 15.3. The average Bonchev–Trinajstić information content (AvgIpc) is 2.72. The molecule has 1 amide bonds. The number of thioether (sulfide) groups is 1. The first-order valence-corrected chi connectivity index (χ1v) is 10.5. The Morgan fingerprint density at radius 3 is 2.34 bits per heavy atom. The fraction of sp³-hybridized carbons (Fsp3) is 0.208. The molecule has 5 heteroatoms. The predicted molar refractivity (Wildman–Crippen MR) is 118 cm³/mol. The van der Waals surface area contributed by atoms with Crippen LogP contribution in [0.25, 0.3) is 11.1 Å². The number of carbonyl (C=O) groups excluding carboxylic acids is 1. The van der Waals surface area contributed by atoms with Crippen LogP contribution in [0, 0.1) is 5.82 Å². The molecular formula is C24H25FN2OS. The summed E-state index contributed by atoms with van der Waals surface area (Å²) in [5, 5.41) is 2.99. The van der Waals surface area contributed by atoms with Gasteiger partial charge in [0.2, 0.25) is 5.91 Å². The van der Waals surface area contributed by atoms with Gasteiger partial charge in [-0.25, -0.2) is 4.39 Å². The van der Waals surface area contributed by atoms with Gasteiger partial charge >= 0.3 is 0 Å². The molecule has 0 aliphatic carbocycles. The van der Waals surface area contributed by atoms with Crippen molar-refractivity contribution in [2.24, 2.45) is 0 Å². The minimum atomic E-state index is -0.273. The fourth-order valence-corrected chi connectivity index (χ4v) is 3.76. The lowest BCUT2D eigenvalue weighted by molar-refractivity contribution is -0.118. The van der Waals surface area contributed by atoms with Crippen LogP contribution in [0.15, 0.2) is 77.7 Å². The molecule has 0 bridgehead atoms. The second-order valence-electron chi connectivity index (χ2n) is 7.11. The minimum absolute atomic E-state index is 0.0459. The lowest BCUT2D eigenvalue weighted by Gasteiger charge is -2.13. The average molecular weight is 409 g/mol. The van der Waals surface area contributed by atoms with Gasteiger partial charge in [0, 0.05) is 18.0 Å². The van der Waals surface area contributed by atoms with Crippen LogP contribution >= 0.6 is 11.8 Å². The second kappa shape index (κ2) is 10.2. The van der Waals surface area contributed by atoms with Crippen molar-refractivity contribution in [2.75, 3.05) is 19.8 Å². The Labute approximate surface area is 175 Å². The molecule has 0 saturated heterocycles. The number of rotatable bonds is 8. The molecule has 0 saturated carbocycles. The van der Waals surface area contributed by atoms with Crippen LogP contribution in [-0.2, 0) is 17.9 Å². The smallest absolute Gasteiger partial charge is 0.230 e. The molecule has 0 unspecified atom stereocenters. The van der Waals surface area contributed by atoms with Gasteiger partial charge in [0.15, 0.2) is 0 Å². The van der Waals surface area contributed by atoms with E-state index >= 15 is 0 Å². The van der Waals surface area contributed by atoms with E-state index in [1.807, 2.05) is 18.2 Å². The summed E-state index contributed by atoms with van der Waals surface area (Å²) >= 11 is 1.40. The number of nitrogens with zero attached hydrogens (tertiary/aromatic N) is 1. The standard InChI is InChI=1S/C24H25FN2OS/c1-27(2)16-18-7-9-19(10-8-18)23-6-4-3-5-20(23)15-26-24(28)17-29-22-13-11-21(25)12-14-22/h3-14H,15-17H2,1-2H3,(H,26,28). The van der Waals surface area contributed by atoms with Crippen molar-refractivity contribution in [2.45, 2.75) is 18.0 Å². The third kappa shape index (κ3) is 6.44. The van der Waals surface area contributed by atoms with Crippen molar-refractivity contribution >= 4 is 17.7 Å². The van der Waals surface area contributed by atoms with Crippen molar-refractivity contribution in [3.05, 3.63) is 89.7 Å². The molecule has 29 heavy (non-hydrogen) atoms. The van der Waals surface area contributed by atoms with Crippen molar-refractivity contribution in [1.29, 1.82) is 0 Å². The zero-order chi connectivity index (χ0) is 20.6. The highest BCUT2D eigenvalue weighted by Gasteiger charge is 2.08. The number of hydrogen-bond acceptors (Lipinski definition) is 3. The second-order valence-corrected chi connectivity index (χ2v) is 8.16. The maximum absolute atomic E-state index is 13.0. The fourth-order valence-electron chi connectivity index (χ4n) is 3.04. The molecule has 0 atom stereocenters. The van der Waals surface area contributed by atoms with Gasteiger partial charge in [-0.2, -0.15) is 0 Å². The first kappa shape index (κ1) is 21.1. The van der Waals surface area contributed by atoms with Gasteiger partial charge in [-0.05, 0) is 60.6 Å². The van der Waals surface area contributed by atoms with E-state index in [1.165, 1.54) is 29.5 Å². The summed E-state index contributed by atoms with van der Waals surface area (Å²) in [7, 11) is 4.11. The Bertz CT molecular complexity index is 940. The summed E-state index contributed by atoms with van der Waals surface area (Å²) in [6.45, 7) is 1.38. The molecule has 150 valence electrons.